The second-order valence-electron chi connectivity index (χ2n) is 4.48. The molecule has 0 aliphatic rings. The third kappa shape index (κ3) is 9.02. The summed E-state index contributed by atoms with van der Waals surface area (Å²) < 4.78 is 25.2. The highest BCUT2D eigenvalue weighted by atomic mass is 31.2. The maximum atomic E-state index is 11.3. The molecule has 0 amide bonds. The van der Waals surface area contributed by atoms with Gasteiger partial charge in [0.2, 0.25) is 6.79 Å². The molecule has 0 aromatic carbocycles. The fraction of sp³-hybridized carbons (Fsp3) is 0.667. The number of phosphoric ester groups is 1. The lowest BCUT2D eigenvalue weighted by Crippen LogP contribution is -2.36. The topological polar surface area (TPSA) is 82.1 Å². The number of nitrogens with zero attached hydrogens (tertiary/aromatic N) is 1. The molecular weight excluding hydrogens is 253 g/mol. The van der Waals surface area contributed by atoms with Gasteiger partial charge in [-0.1, -0.05) is 6.58 Å². The van der Waals surface area contributed by atoms with Gasteiger partial charge in [0.05, 0.1) is 21.1 Å². The van der Waals surface area contributed by atoms with Crippen molar-refractivity contribution in [2.24, 2.45) is 0 Å². The van der Waals surface area contributed by atoms with Crippen LogP contribution in [0, 0.1) is 0 Å². The van der Waals surface area contributed by atoms with Crippen molar-refractivity contribution in [2.75, 3.05) is 34.7 Å². The summed E-state index contributed by atoms with van der Waals surface area (Å²) in [4.78, 5) is 20.1. The molecule has 17 heavy (non-hydrogen) atoms. The zero-order chi connectivity index (χ0) is 13.7. The van der Waals surface area contributed by atoms with Crippen molar-refractivity contribution in [2.45, 2.75) is 6.92 Å². The fourth-order valence-electron chi connectivity index (χ4n) is 0.553. The lowest BCUT2D eigenvalue weighted by Gasteiger charge is -2.24. The number of hydrogen-bond donors (Lipinski definition) is 1. The Labute approximate surface area is 101 Å². The average Bonchev–Trinajstić information content (AvgIpc) is 2.13. The lowest BCUT2D eigenvalue weighted by molar-refractivity contribution is -0.887. The third-order valence-corrected chi connectivity index (χ3v) is 2.24. The van der Waals surface area contributed by atoms with Gasteiger partial charge >= 0.3 is 13.8 Å². The summed E-state index contributed by atoms with van der Waals surface area (Å²) >= 11 is 0. The maximum absolute atomic E-state index is 11.3. The SMILES string of the molecule is C=C(C)C(=O)OCOP(=O)(O)OC[15N+]([13CH3])([13CH3])[13CH3]. The van der Waals surface area contributed by atoms with Crippen molar-refractivity contribution >= 4 is 13.8 Å². The molecule has 1 atom stereocenters. The Morgan fingerprint density at radius 1 is 1.35 bits per heavy atom. The van der Waals surface area contributed by atoms with Crippen LogP contribution in [0.5, 0.6) is 0 Å². The van der Waals surface area contributed by atoms with Gasteiger partial charge in [-0.15, -0.1) is 0 Å². The predicted octanol–water partition coefficient (Wildman–Crippen LogP) is 0.861. The molecular formula is C9H19NO6P+. The molecule has 100 valence electrons. The van der Waals surface area contributed by atoms with Crippen LogP contribution in [-0.2, 0) is 23.1 Å². The molecule has 0 fully saturated rings. The maximum Gasteiger partial charge on any atom is 0.479 e. The van der Waals surface area contributed by atoms with E-state index in [4.69, 9.17) is 0 Å². The molecule has 7 nitrogen and oxygen atoms in total. The summed E-state index contributed by atoms with van der Waals surface area (Å²) in [6.07, 6.45) is 0. The van der Waals surface area contributed by atoms with E-state index in [1.54, 1.807) is 21.1 Å². The standard InChI is InChI=1S/C9H18NO6P/c1-8(2)9(11)14-7-16-17(12,13)15-6-10(3,4)5/h1,6-7H2,2-5H3/p+1/i3+1,4+1,5+1,10+1. The molecule has 0 aliphatic heterocycles. The Hall–Kier alpha value is -0.720. The van der Waals surface area contributed by atoms with Crippen molar-refractivity contribution < 1.29 is 32.5 Å². The Morgan fingerprint density at radius 2 is 1.88 bits per heavy atom. The molecule has 0 aromatic heterocycles. The Morgan fingerprint density at radius 3 is 2.29 bits per heavy atom. The van der Waals surface area contributed by atoms with Crippen LogP contribution in [0.15, 0.2) is 12.2 Å². The van der Waals surface area contributed by atoms with E-state index in [-0.39, 0.29) is 12.3 Å². The van der Waals surface area contributed by atoms with E-state index < -0.39 is 20.6 Å². The van der Waals surface area contributed by atoms with Gasteiger partial charge in [-0.3, -0.25) is 0 Å². The number of hydrogen-bond acceptors (Lipinski definition) is 5. The van der Waals surface area contributed by atoms with Crippen molar-refractivity contribution in [1.82, 2.24) is 0 Å². The minimum Gasteiger partial charge on any atom is -0.435 e. The minimum absolute atomic E-state index is 0.0117. The van der Waals surface area contributed by atoms with E-state index in [1.165, 1.54) is 6.92 Å². The quantitative estimate of drug-likeness (QED) is 0.141. The van der Waals surface area contributed by atoms with Gasteiger partial charge in [0.25, 0.3) is 0 Å². The van der Waals surface area contributed by atoms with E-state index in [9.17, 15) is 14.3 Å². The Bertz CT molecular complexity index is 335. The molecule has 0 rings (SSSR count). The van der Waals surface area contributed by atoms with Crippen LogP contribution in [0.2, 0.25) is 0 Å². The second kappa shape index (κ2) is 6.28. The lowest BCUT2D eigenvalue weighted by atomic mass is 10.4. The Balaban J connectivity index is 3.99. The molecule has 1 unspecified atom stereocenters. The van der Waals surface area contributed by atoms with Gasteiger partial charge in [-0.05, 0) is 6.92 Å². The van der Waals surface area contributed by atoms with E-state index >= 15 is 0 Å². The highest BCUT2D eigenvalue weighted by molar-refractivity contribution is 7.47. The summed E-state index contributed by atoms with van der Waals surface area (Å²) in [7, 11) is 1.14. The zero-order valence-electron chi connectivity index (χ0n) is 10.5. The van der Waals surface area contributed by atoms with Gasteiger partial charge in [0.1, 0.15) is 0 Å². The average molecular weight is 272 g/mol. The largest absolute Gasteiger partial charge is 0.479 e. The molecule has 0 aromatic rings. The number of quaternary nitrogens is 1. The third-order valence-electron chi connectivity index (χ3n) is 1.36. The molecule has 0 saturated heterocycles. The summed E-state index contributed by atoms with van der Waals surface area (Å²) in [5, 5.41) is 0. The van der Waals surface area contributed by atoms with Gasteiger partial charge in [0, 0.05) is 5.57 Å². The van der Waals surface area contributed by atoms with Crippen LogP contribution < -0.4 is 0 Å². The summed E-state index contributed by atoms with van der Waals surface area (Å²) in [5.41, 5.74) is 0.175. The highest BCUT2D eigenvalue weighted by Gasteiger charge is 2.25. The molecule has 0 radical (unpaired) electrons. The van der Waals surface area contributed by atoms with E-state index in [1.807, 2.05) is 0 Å². The predicted molar refractivity (Wildman–Crippen MR) is 60.7 cm³/mol. The van der Waals surface area contributed by atoms with Crippen LogP contribution >= 0.6 is 7.82 Å². The highest BCUT2D eigenvalue weighted by Crippen LogP contribution is 2.43. The fourth-order valence-corrected chi connectivity index (χ4v) is 1.31. The summed E-state index contributed by atoms with van der Waals surface area (Å²) in [5.74, 6) is -0.698. The van der Waals surface area contributed by atoms with Crippen LogP contribution in [0.25, 0.3) is 0 Å². The number of esters is 1. The smallest absolute Gasteiger partial charge is 0.435 e. The van der Waals surface area contributed by atoms with Gasteiger partial charge < -0.3 is 14.1 Å². The first-order valence-corrected chi connectivity index (χ1v) is 6.28. The van der Waals surface area contributed by atoms with Gasteiger partial charge in [-0.25, -0.2) is 18.4 Å². The number of carbonyl (C=O) groups is 1. The molecule has 8 heteroatoms. The monoisotopic (exact) mass is 272 g/mol. The summed E-state index contributed by atoms with van der Waals surface area (Å²) in [6.45, 7) is 4.13. The van der Waals surface area contributed by atoms with E-state index in [0.29, 0.717) is 4.48 Å². The molecule has 0 spiro atoms. The first-order valence-electron chi connectivity index (χ1n) is 4.78. The van der Waals surface area contributed by atoms with E-state index in [2.05, 4.69) is 20.4 Å². The van der Waals surface area contributed by atoms with Crippen molar-refractivity contribution in [3.63, 3.8) is 0 Å². The number of ether oxygens (including phenoxy) is 1. The van der Waals surface area contributed by atoms with Crippen LogP contribution in [-0.4, -0.2) is 50.0 Å². The first-order chi connectivity index (χ1) is 7.53. The second-order valence-corrected chi connectivity index (χ2v) is 5.93. The van der Waals surface area contributed by atoms with Crippen LogP contribution in [0.3, 0.4) is 0 Å². The van der Waals surface area contributed by atoms with Crippen LogP contribution in [0.4, 0.5) is 0 Å². The van der Waals surface area contributed by atoms with E-state index in [0.717, 1.165) is 0 Å². The molecule has 1 N–H and O–H groups in total. The number of rotatable bonds is 7. The summed E-state index contributed by atoms with van der Waals surface area (Å²) in [6, 6.07) is 0. The molecule has 0 bridgehead atoms. The Kier molecular flexibility index (Phi) is 6.01. The first kappa shape index (κ1) is 16.3. The van der Waals surface area contributed by atoms with Gasteiger partial charge in [-0.2, -0.15) is 0 Å². The molecule has 0 aliphatic carbocycles. The van der Waals surface area contributed by atoms with Crippen molar-refractivity contribution in [3.8, 4) is 0 Å². The molecule has 0 saturated carbocycles. The van der Waals surface area contributed by atoms with Crippen molar-refractivity contribution in [3.05, 3.63) is 12.2 Å². The van der Waals surface area contributed by atoms with Crippen molar-refractivity contribution in [1.29, 1.82) is 0 Å². The zero-order valence-corrected chi connectivity index (χ0v) is 11.4. The molecule has 0 heterocycles. The number of carbonyl (C=O) groups excluding carboxylic acids is 1. The normalized spacial score (nSPS) is 15.1. The number of phosphoric acid groups is 1. The van der Waals surface area contributed by atoms with Gasteiger partial charge in [0.15, 0.2) is 6.73 Å². The van der Waals surface area contributed by atoms with Crippen LogP contribution in [0.1, 0.15) is 6.92 Å². The minimum atomic E-state index is -4.20.